The van der Waals surface area contributed by atoms with E-state index in [1.54, 1.807) is 0 Å². The number of piperidine rings is 1. The van der Waals surface area contributed by atoms with Crippen LogP contribution in [-0.4, -0.2) is 37.3 Å². The highest BCUT2D eigenvalue weighted by molar-refractivity contribution is 5.39. The lowest BCUT2D eigenvalue weighted by atomic mass is 10.1. The number of anilines is 1. The van der Waals surface area contributed by atoms with E-state index in [2.05, 4.69) is 42.3 Å². The highest BCUT2D eigenvalue weighted by Gasteiger charge is 2.20. The Morgan fingerprint density at radius 2 is 2.10 bits per heavy atom. The van der Waals surface area contributed by atoms with E-state index in [0.29, 0.717) is 6.10 Å². The van der Waals surface area contributed by atoms with E-state index in [0.717, 1.165) is 63.6 Å². The molecule has 2 heterocycles. The van der Waals surface area contributed by atoms with Gasteiger partial charge in [0.1, 0.15) is 5.82 Å². The molecule has 1 fully saturated rings. The molecular weight excluding hydrogens is 250 g/mol. The van der Waals surface area contributed by atoms with Crippen molar-refractivity contribution in [2.24, 2.45) is 0 Å². The Labute approximate surface area is 122 Å². The lowest BCUT2D eigenvalue weighted by Gasteiger charge is -2.32. The highest BCUT2D eigenvalue weighted by Crippen LogP contribution is 2.19. The van der Waals surface area contributed by atoms with E-state index in [1.165, 1.54) is 0 Å². The zero-order chi connectivity index (χ0) is 14.2. The van der Waals surface area contributed by atoms with Gasteiger partial charge in [-0.15, -0.1) is 0 Å². The second kappa shape index (κ2) is 8.22. The number of nitrogens with one attached hydrogen (secondary N) is 1. The van der Waals surface area contributed by atoms with Crippen molar-refractivity contribution >= 4 is 5.82 Å². The summed E-state index contributed by atoms with van der Waals surface area (Å²) in [5, 5.41) is 3.40. The molecule has 0 spiro atoms. The maximum Gasteiger partial charge on any atom is 0.128 e. The minimum absolute atomic E-state index is 0.436. The van der Waals surface area contributed by atoms with Crippen molar-refractivity contribution in [2.45, 2.75) is 45.8 Å². The van der Waals surface area contributed by atoms with Crippen molar-refractivity contribution in [3.63, 3.8) is 0 Å². The summed E-state index contributed by atoms with van der Waals surface area (Å²) in [5.74, 6) is 1.11. The molecule has 20 heavy (non-hydrogen) atoms. The van der Waals surface area contributed by atoms with Crippen molar-refractivity contribution in [3.8, 4) is 0 Å². The minimum atomic E-state index is 0.436. The van der Waals surface area contributed by atoms with Gasteiger partial charge in [-0.2, -0.15) is 0 Å². The zero-order valence-corrected chi connectivity index (χ0v) is 12.8. The molecule has 1 aromatic heterocycles. The molecule has 0 atom stereocenters. The van der Waals surface area contributed by atoms with Crippen LogP contribution in [0.5, 0.6) is 0 Å². The third-order valence-corrected chi connectivity index (χ3v) is 3.69. The summed E-state index contributed by atoms with van der Waals surface area (Å²) in [6.07, 6.45) is 3.80. The van der Waals surface area contributed by atoms with Crippen LogP contribution in [0.1, 0.15) is 38.8 Å². The average Bonchev–Trinajstić information content (AvgIpc) is 2.49. The van der Waals surface area contributed by atoms with Gasteiger partial charge in [-0.25, -0.2) is 4.98 Å². The van der Waals surface area contributed by atoms with Gasteiger partial charge in [-0.05, 0) is 44.9 Å². The van der Waals surface area contributed by atoms with Crippen LogP contribution in [0.25, 0.3) is 0 Å². The Kier molecular flexibility index (Phi) is 6.27. The van der Waals surface area contributed by atoms with Crippen LogP contribution in [0.4, 0.5) is 5.82 Å². The van der Waals surface area contributed by atoms with Gasteiger partial charge in [0.05, 0.1) is 11.8 Å². The molecule has 1 aromatic rings. The number of hydrogen-bond donors (Lipinski definition) is 1. The summed E-state index contributed by atoms with van der Waals surface area (Å²) in [6.45, 7) is 9.07. The predicted molar refractivity (Wildman–Crippen MR) is 83.1 cm³/mol. The number of pyridine rings is 1. The zero-order valence-electron chi connectivity index (χ0n) is 12.8. The lowest BCUT2D eigenvalue weighted by molar-refractivity contribution is 0.0458. The largest absolute Gasteiger partial charge is 0.378 e. The van der Waals surface area contributed by atoms with Gasteiger partial charge >= 0.3 is 0 Å². The third-order valence-electron chi connectivity index (χ3n) is 3.69. The second-order valence-corrected chi connectivity index (χ2v) is 5.31. The van der Waals surface area contributed by atoms with E-state index >= 15 is 0 Å². The van der Waals surface area contributed by atoms with Crippen LogP contribution in [0, 0.1) is 0 Å². The maximum atomic E-state index is 5.70. The first-order chi connectivity index (χ1) is 9.83. The van der Waals surface area contributed by atoms with E-state index in [4.69, 9.17) is 9.72 Å². The molecule has 1 N–H and O–H groups in total. The molecule has 0 radical (unpaired) electrons. The molecule has 4 heteroatoms. The van der Waals surface area contributed by atoms with E-state index in [1.807, 2.05) is 0 Å². The van der Waals surface area contributed by atoms with Crippen molar-refractivity contribution in [3.05, 3.63) is 23.9 Å². The van der Waals surface area contributed by atoms with Gasteiger partial charge in [0.15, 0.2) is 0 Å². The molecular formula is C16H27N3O. The standard InChI is InChI=1S/C16H27N3O/c1-3-10-17-13-14-6-5-7-16(18-14)19-11-8-15(9-12-19)20-4-2/h5-7,15,17H,3-4,8-13H2,1-2H3. The fourth-order valence-electron chi connectivity index (χ4n) is 2.62. The molecule has 112 valence electrons. The number of nitrogens with zero attached hydrogens (tertiary/aromatic N) is 2. The molecule has 0 bridgehead atoms. The monoisotopic (exact) mass is 277 g/mol. The Hall–Kier alpha value is -1.13. The SMILES string of the molecule is CCCNCc1cccc(N2CCC(OCC)CC2)n1. The third kappa shape index (κ3) is 4.46. The minimum Gasteiger partial charge on any atom is -0.378 e. The highest BCUT2D eigenvalue weighted by atomic mass is 16.5. The summed E-state index contributed by atoms with van der Waals surface area (Å²) in [4.78, 5) is 7.14. The molecule has 1 aliphatic heterocycles. The molecule has 0 aliphatic carbocycles. The molecule has 4 nitrogen and oxygen atoms in total. The van der Waals surface area contributed by atoms with Gasteiger partial charge in [-0.3, -0.25) is 0 Å². The van der Waals surface area contributed by atoms with Gasteiger partial charge in [0.25, 0.3) is 0 Å². The fourth-order valence-corrected chi connectivity index (χ4v) is 2.62. The molecule has 0 aromatic carbocycles. The Bertz CT molecular complexity index is 389. The van der Waals surface area contributed by atoms with Crippen LogP contribution in [0.15, 0.2) is 18.2 Å². The fraction of sp³-hybridized carbons (Fsp3) is 0.688. The summed E-state index contributed by atoms with van der Waals surface area (Å²) in [5.41, 5.74) is 1.13. The van der Waals surface area contributed by atoms with Crippen molar-refractivity contribution in [1.82, 2.24) is 10.3 Å². The van der Waals surface area contributed by atoms with Gasteiger partial charge in [-0.1, -0.05) is 13.0 Å². The van der Waals surface area contributed by atoms with Crippen molar-refractivity contribution < 1.29 is 4.74 Å². The number of aromatic nitrogens is 1. The van der Waals surface area contributed by atoms with Crippen LogP contribution in [-0.2, 0) is 11.3 Å². The summed E-state index contributed by atoms with van der Waals surface area (Å²) >= 11 is 0. The van der Waals surface area contributed by atoms with Crippen molar-refractivity contribution in [1.29, 1.82) is 0 Å². The molecule has 0 amide bonds. The smallest absolute Gasteiger partial charge is 0.128 e. The molecule has 1 aliphatic rings. The van der Waals surface area contributed by atoms with Crippen LogP contribution in [0.3, 0.4) is 0 Å². The molecule has 0 saturated carbocycles. The average molecular weight is 277 g/mol. The topological polar surface area (TPSA) is 37.4 Å². The Balaban J connectivity index is 1.87. The van der Waals surface area contributed by atoms with Crippen LogP contribution >= 0.6 is 0 Å². The number of hydrogen-bond acceptors (Lipinski definition) is 4. The number of ether oxygens (including phenoxy) is 1. The van der Waals surface area contributed by atoms with Gasteiger partial charge in [0.2, 0.25) is 0 Å². The normalized spacial score (nSPS) is 16.6. The molecule has 2 rings (SSSR count). The first-order valence-electron chi connectivity index (χ1n) is 7.86. The summed E-state index contributed by atoms with van der Waals surface area (Å²) in [6, 6.07) is 6.32. The van der Waals surface area contributed by atoms with Crippen LogP contribution in [0.2, 0.25) is 0 Å². The van der Waals surface area contributed by atoms with E-state index < -0.39 is 0 Å². The summed E-state index contributed by atoms with van der Waals surface area (Å²) in [7, 11) is 0. The first-order valence-corrected chi connectivity index (χ1v) is 7.86. The van der Waals surface area contributed by atoms with Crippen molar-refractivity contribution in [2.75, 3.05) is 31.1 Å². The van der Waals surface area contributed by atoms with Gasteiger partial charge < -0.3 is 15.0 Å². The maximum absolute atomic E-state index is 5.70. The van der Waals surface area contributed by atoms with E-state index in [-0.39, 0.29) is 0 Å². The van der Waals surface area contributed by atoms with Crippen LogP contribution < -0.4 is 10.2 Å². The Morgan fingerprint density at radius 1 is 1.30 bits per heavy atom. The molecule has 0 unspecified atom stereocenters. The lowest BCUT2D eigenvalue weighted by Crippen LogP contribution is -2.37. The van der Waals surface area contributed by atoms with Gasteiger partial charge in [0, 0.05) is 26.2 Å². The first kappa shape index (κ1) is 15.3. The number of rotatable bonds is 7. The quantitative estimate of drug-likeness (QED) is 0.777. The predicted octanol–water partition coefficient (Wildman–Crippen LogP) is 2.59. The Morgan fingerprint density at radius 3 is 2.80 bits per heavy atom. The second-order valence-electron chi connectivity index (χ2n) is 5.31. The molecule has 1 saturated heterocycles. The summed E-state index contributed by atoms with van der Waals surface area (Å²) < 4.78 is 5.70. The van der Waals surface area contributed by atoms with E-state index in [9.17, 15) is 0 Å².